The summed E-state index contributed by atoms with van der Waals surface area (Å²) in [6.45, 7) is 10.7. The third kappa shape index (κ3) is 5.76. The van der Waals surface area contributed by atoms with Crippen molar-refractivity contribution in [2.24, 2.45) is 0 Å². The Kier molecular flexibility index (Phi) is 8.06. The minimum atomic E-state index is -1.04. The third-order valence-electron chi connectivity index (χ3n) is 7.47. The number of carbonyl (C=O) groups is 2. The lowest BCUT2D eigenvalue weighted by molar-refractivity contribution is -0.134. The summed E-state index contributed by atoms with van der Waals surface area (Å²) in [6, 6.07) is 9.84. The number of fused-ring (bicyclic) bond motifs is 1. The van der Waals surface area contributed by atoms with Crippen molar-refractivity contribution in [1.82, 2.24) is 20.0 Å². The van der Waals surface area contributed by atoms with E-state index in [9.17, 15) is 9.59 Å². The van der Waals surface area contributed by atoms with Crippen molar-refractivity contribution in [2.75, 3.05) is 0 Å². The number of hydrogen-bond acceptors (Lipinski definition) is 4. The van der Waals surface area contributed by atoms with Gasteiger partial charge in [-0.25, -0.2) is 0 Å². The summed E-state index contributed by atoms with van der Waals surface area (Å²) in [4.78, 5) is 29.5. The van der Waals surface area contributed by atoms with Crippen LogP contribution >= 0.6 is 0 Å². The van der Waals surface area contributed by atoms with Crippen LogP contribution in [0.5, 0.6) is 5.75 Å². The number of amides is 2. The van der Waals surface area contributed by atoms with Crippen LogP contribution in [0.4, 0.5) is 0 Å². The normalized spacial score (nSPS) is 21.3. The molecule has 4 rings (SSSR count). The number of rotatable bonds is 7. The Morgan fingerprint density at radius 1 is 1.08 bits per heavy atom. The Hall–Kier alpha value is -2.83. The Balaban J connectivity index is 1.62. The first-order valence-electron chi connectivity index (χ1n) is 13.6. The van der Waals surface area contributed by atoms with Crippen LogP contribution in [0.1, 0.15) is 107 Å². The molecule has 1 fully saturated rings. The van der Waals surface area contributed by atoms with Crippen LogP contribution in [0, 0.1) is 0 Å². The summed E-state index contributed by atoms with van der Waals surface area (Å²) in [5.41, 5.74) is 1.34. The van der Waals surface area contributed by atoms with Gasteiger partial charge in [0.2, 0.25) is 5.91 Å². The van der Waals surface area contributed by atoms with Crippen molar-refractivity contribution in [1.29, 1.82) is 0 Å². The molecule has 1 aliphatic heterocycles. The minimum Gasteiger partial charge on any atom is -0.491 e. The van der Waals surface area contributed by atoms with Gasteiger partial charge in [0.1, 0.15) is 17.0 Å². The topological polar surface area (TPSA) is 76.5 Å². The van der Waals surface area contributed by atoms with E-state index in [4.69, 9.17) is 9.84 Å². The first-order chi connectivity index (χ1) is 17.2. The van der Waals surface area contributed by atoms with Gasteiger partial charge in [-0.05, 0) is 63.3 Å². The van der Waals surface area contributed by atoms with E-state index < -0.39 is 5.54 Å². The zero-order valence-corrected chi connectivity index (χ0v) is 22.5. The van der Waals surface area contributed by atoms with E-state index in [1.807, 2.05) is 51.1 Å². The van der Waals surface area contributed by atoms with Gasteiger partial charge in [0.15, 0.2) is 0 Å². The molecule has 2 amide bonds. The summed E-state index contributed by atoms with van der Waals surface area (Å²) < 4.78 is 7.52. The van der Waals surface area contributed by atoms with E-state index in [2.05, 4.69) is 19.2 Å². The molecule has 1 N–H and O–H groups in total. The van der Waals surface area contributed by atoms with Gasteiger partial charge in [-0.1, -0.05) is 58.1 Å². The molecule has 1 atom stereocenters. The lowest BCUT2D eigenvalue weighted by Gasteiger charge is -2.44. The van der Waals surface area contributed by atoms with E-state index in [-0.39, 0.29) is 29.9 Å². The van der Waals surface area contributed by atoms with Gasteiger partial charge < -0.3 is 15.0 Å². The molecule has 7 heteroatoms. The van der Waals surface area contributed by atoms with Gasteiger partial charge >= 0.3 is 0 Å². The predicted octanol–water partition coefficient (Wildman–Crippen LogP) is 5.44. The fourth-order valence-electron chi connectivity index (χ4n) is 5.26. The van der Waals surface area contributed by atoms with Crippen LogP contribution in [-0.2, 0) is 17.9 Å². The molecule has 2 heterocycles. The largest absolute Gasteiger partial charge is 0.491 e. The monoisotopic (exact) mass is 494 g/mol. The first kappa shape index (κ1) is 26.2. The first-order valence-corrected chi connectivity index (χ1v) is 13.6. The Morgan fingerprint density at radius 3 is 2.33 bits per heavy atom. The van der Waals surface area contributed by atoms with Crippen molar-refractivity contribution >= 4 is 11.8 Å². The summed E-state index contributed by atoms with van der Waals surface area (Å²) in [5.74, 6) is 0.753. The zero-order valence-electron chi connectivity index (χ0n) is 22.5. The molecule has 0 unspecified atom stereocenters. The van der Waals surface area contributed by atoms with Crippen molar-refractivity contribution < 1.29 is 14.3 Å². The number of hydrogen-bond donors (Lipinski definition) is 1. The molecule has 0 bridgehead atoms. The van der Waals surface area contributed by atoms with Crippen molar-refractivity contribution in [3.8, 4) is 5.75 Å². The Bertz CT molecular complexity index is 1050. The molecule has 1 aromatic carbocycles. The van der Waals surface area contributed by atoms with E-state index in [1.54, 1.807) is 9.58 Å². The van der Waals surface area contributed by atoms with E-state index in [0.29, 0.717) is 18.8 Å². The molecule has 7 nitrogen and oxygen atoms in total. The average molecular weight is 495 g/mol. The number of carbonyl (C=O) groups excluding carboxylic acids is 2. The summed E-state index contributed by atoms with van der Waals surface area (Å²) in [7, 11) is 0. The second-order valence-electron chi connectivity index (χ2n) is 11.3. The van der Waals surface area contributed by atoms with E-state index in [0.717, 1.165) is 42.7 Å². The van der Waals surface area contributed by atoms with E-state index >= 15 is 0 Å². The molecule has 1 aromatic heterocycles. The third-order valence-corrected chi connectivity index (χ3v) is 7.47. The van der Waals surface area contributed by atoms with Crippen LogP contribution in [0.25, 0.3) is 0 Å². The standard InChI is InChI=1S/C29H42N4O3/c1-20(2)25-17-26-27(34)32(18-22-13-15-24(16-14-22)36-21(3)4)29(5,19-33(26)31-25)28(35)30-23-11-9-7-6-8-10-12-23/h13-17,20-21,23H,6-12,18-19H2,1-5H3,(H,30,35)/t29-/m0/s1. The van der Waals surface area contributed by atoms with Crippen LogP contribution in [0.3, 0.4) is 0 Å². The van der Waals surface area contributed by atoms with Crippen LogP contribution in [0.2, 0.25) is 0 Å². The molecular weight excluding hydrogens is 452 g/mol. The number of aromatic nitrogens is 2. The maximum atomic E-state index is 13.9. The van der Waals surface area contributed by atoms with Crippen molar-refractivity contribution in [3.63, 3.8) is 0 Å². The predicted molar refractivity (Wildman–Crippen MR) is 141 cm³/mol. The summed E-state index contributed by atoms with van der Waals surface area (Å²) in [6.07, 6.45) is 8.08. The van der Waals surface area contributed by atoms with Crippen molar-refractivity contribution in [3.05, 3.63) is 47.3 Å². The lowest BCUT2D eigenvalue weighted by atomic mass is 9.91. The fourth-order valence-corrected chi connectivity index (χ4v) is 5.26. The molecule has 2 aliphatic rings. The molecule has 0 radical (unpaired) electrons. The molecule has 196 valence electrons. The highest BCUT2D eigenvalue weighted by atomic mass is 16.5. The number of nitrogens with one attached hydrogen (secondary N) is 1. The van der Waals surface area contributed by atoms with Crippen LogP contribution in [0.15, 0.2) is 30.3 Å². The number of nitrogens with zero attached hydrogens (tertiary/aromatic N) is 3. The quantitative estimate of drug-likeness (QED) is 0.556. The highest BCUT2D eigenvalue weighted by molar-refractivity contribution is 5.99. The molecular formula is C29H42N4O3. The second kappa shape index (κ2) is 11.1. The molecule has 2 aromatic rings. The van der Waals surface area contributed by atoms with Gasteiger partial charge in [0.05, 0.1) is 18.3 Å². The number of benzene rings is 1. The molecule has 36 heavy (non-hydrogen) atoms. The van der Waals surface area contributed by atoms with Crippen molar-refractivity contribution in [2.45, 2.75) is 116 Å². The average Bonchev–Trinajstić information content (AvgIpc) is 3.23. The highest BCUT2D eigenvalue weighted by Crippen LogP contribution is 2.31. The minimum absolute atomic E-state index is 0.0894. The smallest absolute Gasteiger partial charge is 0.273 e. The molecule has 1 aliphatic carbocycles. The zero-order chi connectivity index (χ0) is 25.9. The summed E-state index contributed by atoms with van der Waals surface area (Å²) in [5, 5.41) is 8.04. The van der Waals surface area contributed by atoms with E-state index in [1.165, 1.54) is 19.3 Å². The SMILES string of the molecule is CC(C)Oc1ccc(CN2C(=O)c3cc(C(C)C)nn3C[C@@]2(C)C(=O)NC2CCCCCCC2)cc1. The highest BCUT2D eigenvalue weighted by Gasteiger charge is 2.48. The van der Waals surface area contributed by atoms with Crippen LogP contribution in [-0.4, -0.2) is 44.2 Å². The number of ether oxygens (including phenoxy) is 1. The van der Waals surface area contributed by atoms with Crippen LogP contribution < -0.4 is 10.1 Å². The van der Waals surface area contributed by atoms with Gasteiger partial charge in [0.25, 0.3) is 5.91 Å². The lowest BCUT2D eigenvalue weighted by Crippen LogP contribution is -2.64. The summed E-state index contributed by atoms with van der Waals surface area (Å²) >= 11 is 0. The second-order valence-corrected chi connectivity index (χ2v) is 11.3. The van der Waals surface area contributed by atoms with Gasteiger partial charge in [0, 0.05) is 12.6 Å². The van der Waals surface area contributed by atoms with Gasteiger partial charge in [-0.2, -0.15) is 5.10 Å². The van der Waals surface area contributed by atoms with Gasteiger partial charge in [-0.3, -0.25) is 14.3 Å². The molecule has 0 spiro atoms. The van der Waals surface area contributed by atoms with Gasteiger partial charge in [-0.15, -0.1) is 0 Å². The molecule has 1 saturated carbocycles. The fraction of sp³-hybridized carbons (Fsp3) is 0.621. The molecule has 0 saturated heterocycles. The Morgan fingerprint density at radius 2 is 1.72 bits per heavy atom. The maximum absolute atomic E-state index is 13.9. The maximum Gasteiger partial charge on any atom is 0.273 e. The Labute approximate surface area is 215 Å².